The van der Waals surface area contributed by atoms with Crippen molar-refractivity contribution in [1.82, 2.24) is 10.6 Å². The molecule has 0 aliphatic carbocycles. The molecule has 0 bridgehead atoms. The second-order valence-corrected chi connectivity index (χ2v) is 6.00. The molecule has 2 unspecified atom stereocenters. The highest BCUT2D eigenvalue weighted by molar-refractivity contribution is 5.83. The monoisotopic (exact) mass is 344 g/mol. The number of halogens is 1. The topological polar surface area (TPSA) is 70.6 Å². The molecule has 1 aliphatic rings. The Labute approximate surface area is 145 Å². The molecule has 0 spiro atoms. The van der Waals surface area contributed by atoms with Gasteiger partial charge in [-0.15, -0.1) is 0 Å². The number of hydrogen-bond donors (Lipinski definition) is 3. The first kappa shape index (κ1) is 17.4. The fraction of sp³-hybridized carbons (Fsp3) is 0.316. The largest absolute Gasteiger partial charge is 0.491 e. The van der Waals surface area contributed by atoms with E-state index in [1.54, 1.807) is 0 Å². The van der Waals surface area contributed by atoms with Crippen LogP contribution in [0.4, 0.5) is 4.39 Å². The predicted molar refractivity (Wildman–Crippen MR) is 91.8 cm³/mol. The lowest BCUT2D eigenvalue weighted by Gasteiger charge is -2.26. The van der Waals surface area contributed by atoms with E-state index in [1.807, 2.05) is 24.3 Å². The number of amides is 1. The van der Waals surface area contributed by atoms with Crippen LogP contribution < -0.4 is 15.4 Å². The summed E-state index contributed by atoms with van der Waals surface area (Å²) in [5.41, 5.74) is 2.14. The van der Waals surface area contributed by atoms with E-state index >= 15 is 0 Å². The van der Waals surface area contributed by atoms with Crippen molar-refractivity contribution in [2.45, 2.75) is 18.6 Å². The van der Waals surface area contributed by atoms with Crippen LogP contribution >= 0.6 is 0 Å². The maximum atomic E-state index is 12.8. The van der Waals surface area contributed by atoms with Gasteiger partial charge in [-0.25, -0.2) is 4.39 Å². The number of aliphatic hydroxyl groups is 1. The lowest BCUT2D eigenvalue weighted by Crippen LogP contribution is -2.44. The SMILES string of the molecule is O=C(NCC(O)COc1ccc(F)cc1)C1NCCc2ccccc21. The smallest absolute Gasteiger partial charge is 0.241 e. The van der Waals surface area contributed by atoms with Crippen LogP contribution in [-0.2, 0) is 11.2 Å². The Morgan fingerprint density at radius 2 is 2.04 bits per heavy atom. The quantitative estimate of drug-likeness (QED) is 0.744. The molecule has 1 amide bonds. The molecule has 0 saturated carbocycles. The van der Waals surface area contributed by atoms with Gasteiger partial charge < -0.3 is 20.5 Å². The minimum Gasteiger partial charge on any atom is -0.491 e. The molecule has 25 heavy (non-hydrogen) atoms. The highest BCUT2D eigenvalue weighted by Crippen LogP contribution is 2.22. The predicted octanol–water partition coefficient (Wildman–Crippen LogP) is 1.57. The summed E-state index contributed by atoms with van der Waals surface area (Å²) >= 11 is 0. The molecule has 0 saturated heterocycles. The lowest BCUT2D eigenvalue weighted by atomic mass is 9.94. The van der Waals surface area contributed by atoms with Crippen LogP contribution in [0, 0.1) is 5.82 Å². The molecule has 0 aromatic heterocycles. The maximum Gasteiger partial charge on any atom is 0.241 e. The normalized spacial score (nSPS) is 17.4. The third kappa shape index (κ3) is 4.55. The van der Waals surface area contributed by atoms with Gasteiger partial charge >= 0.3 is 0 Å². The highest BCUT2D eigenvalue weighted by atomic mass is 19.1. The third-order valence-electron chi connectivity index (χ3n) is 4.14. The van der Waals surface area contributed by atoms with Gasteiger partial charge in [0.2, 0.25) is 5.91 Å². The van der Waals surface area contributed by atoms with E-state index in [9.17, 15) is 14.3 Å². The van der Waals surface area contributed by atoms with E-state index < -0.39 is 12.1 Å². The van der Waals surface area contributed by atoms with Crippen molar-refractivity contribution in [3.05, 3.63) is 65.5 Å². The molecule has 6 heteroatoms. The second kappa shape index (κ2) is 8.09. The van der Waals surface area contributed by atoms with Gasteiger partial charge in [0.05, 0.1) is 0 Å². The fourth-order valence-corrected chi connectivity index (χ4v) is 2.84. The molecule has 3 rings (SSSR count). The average molecular weight is 344 g/mol. The van der Waals surface area contributed by atoms with Gasteiger partial charge in [0.1, 0.15) is 30.3 Å². The van der Waals surface area contributed by atoms with E-state index in [-0.39, 0.29) is 24.9 Å². The van der Waals surface area contributed by atoms with Crippen molar-refractivity contribution in [3.8, 4) is 5.75 Å². The molecule has 1 heterocycles. The van der Waals surface area contributed by atoms with E-state index in [0.29, 0.717) is 5.75 Å². The Morgan fingerprint density at radius 1 is 1.28 bits per heavy atom. The number of hydrogen-bond acceptors (Lipinski definition) is 4. The molecule has 1 aliphatic heterocycles. The molecule has 2 aromatic carbocycles. The first-order valence-corrected chi connectivity index (χ1v) is 8.29. The number of rotatable bonds is 6. The summed E-state index contributed by atoms with van der Waals surface area (Å²) in [6.07, 6.45) is 0.0431. The summed E-state index contributed by atoms with van der Waals surface area (Å²) in [5, 5.41) is 15.9. The van der Waals surface area contributed by atoms with Crippen molar-refractivity contribution in [2.24, 2.45) is 0 Å². The van der Waals surface area contributed by atoms with E-state index in [1.165, 1.54) is 29.8 Å². The van der Waals surface area contributed by atoms with E-state index in [4.69, 9.17) is 4.74 Å². The van der Waals surface area contributed by atoms with Crippen LogP contribution in [0.5, 0.6) is 5.75 Å². The number of ether oxygens (including phenoxy) is 1. The number of nitrogens with one attached hydrogen (secondary N) is 2. The summed E-state index contributed by atoms with van der Waals surface area (Å²) < 4.78 is 18.2. The van der Waals surface area contributed by atoms with Crippen LogP contribution in [0.2, 0.25) is 0 Å². The van der Waals surface area contributed by atoms with Crippen LogP contribution in [0.25, 0.3) is 0 Å². The van der Waals surface area contributed by atoms with Gasteiger partial charge in [0.15, 0.2) is 0 Å². The molecular formula is C19H21FN2O3. The number of fused-ring (bicyclic) bond motifs is 1. The molecule has 5 nitrogen and oxygen atoms in total. The Kier molecular flexibility index (Phi) is 5.63. The van der Waals surface area contributed by atoms with Crippen LogP contribution in [0.15, 0.2) is 48.5 Å². The van der Waals surface area contributed by atoms with Crippen LogP contribution in [-0.4, -0.2) is 36.8 Å². The van der Waals surface area contributed by atoms with Gasteiger partial charge in [-0.1, -0.05) is 24.3 Å². The van der Waals surface area contributed by atoms with Gasteiger partial charge in [-0.2, -0.15) is 0 Å². The molecular weight excluding hydrogens is 323 g/mol. The number of aliphatic hydroxyl groups excluding tert-OH is 1. The Morgan fingerprint density at radius 3 is 2.84 bits per heavy atom. The van der Waals surface area contributed by atoms with Gasteiger partial charge in [0.25, 0.3) is 0 Å². The van der Waals surface area contributed by atoms with Crippen molar-refractivity contribution < 1.29 is 19.0 Å². The van der Waals surface area contributed by atoms with Crippen molar-refractivity contribution in [3.63, 3.8) is 0 Å². The van der Waals surface area contributed by atoms with Crippen LogP contribution in [0.3, 0.4) is 0 Å². The maximum absolute atomic E-state index is 12.8. The summed E-state index contributed by atoms with van der Waals surface area (Å²) in [4.78, 5) is 12.4. The molecule has 2 atom stereocenters. The molecule has 132 valence electrons. The van der Waals surface area contributed by atoms with Gasteiger partial charge in [-0.05, 0) is 41.8 Å². The van der Waals surface area contributed by atoms with Crippen LogP contribution in [0.1, 0.15) is 17.2 Å². The molecule has 2 aromatic rings. The minimum atomic E-state index is -0.854. The second-order valence-electron chi connectivity index (χ2n) is 6.00. The third-order valence-corrected chi connectivity index (χ3v) is 4.14. The first-order chi connectivity index (χ1) is 12.1. The standard InChI is InChI=1S/C19H21FN2O3/c20-14-5-7-16(8-6-14)25-12-15(23)11-22-19(24)18-17-4-2-1-3-13(17)9-10-21-18/h1-8,15,18,21,23H,9-12H2,(H,22,24). The Balaban J connectivity index is 1.48. The lowest BCUT2D eigenvalue weighted by molar-refractivity contribution is -0.124. The Bertz CT molecular complexity index is 721. The van der Waals surface area contributed by atoms with Crippen molar-refractivity contribution >= 4 is 5.91 Å². The highest BCUT2D eigenvalue weighted by Gasteiger charge is 2.25. The first-order valence-electron chi connectivity index (χ1n) is 8.29. The minimum absolute atomic E-state index is 0.0145. The fourth-order valence-electron chi connectivity index (χ4n) is 2.84. The van der Waals surface area contributed by atoms with Crippen molar-refractivity contribution in [2.75, 3.05) is 19.7 Å². The van der Waals surface area contributed by atoms with Gasteiger partial charge in [-0.3, -0.25) is 4.79 Å². The number of carbonyl (C=O) groups is 1. The summed E-state index contributed by atoms with van der Waals surface area (Å²) in [6.45, 7) is 0.840. The summed E-state index contributed by atoms with van der Waals surface area (Å²) in [6, 6.07) is 13.0. The molecule has 3 N–H and O–H groups in total. The summed E-state index contributed by atoms with van der Waals surface area (Å²) in [5.74, 6) is -0.0527. The van der Waals surface area contributed by atoms with E-state index in [0.717, 1.165) is 18.5 Å². The Hall–Kier alpha value is -2.44. The molecule has 0 fully saturated rings. The zero-order valence-electron chi connectivity index (χ0n) is 13.7. The zero-order valence-corrected chi connectivity index (χ0v) is 13.7. The molecule has 0 radical (unpaired) electrons. The zero-order chi connectivity index (χ0) is 17.6. The number of benzene rings is 2. The van der Waals surface area contributed by atoms with Crippen molar-refractivity contribution in [1.29, 1.82) is 0 Å². The summed E-state index contributed by atoms with van der Waals surface area (Å²) in [7, 11) is 0. The number of carbonyl (C=O) groups excluding carboxylic acids is 1. The van der Waals surface area contributed by atoms with E-state index in [2.05, 4.69) is 10.6 Å². The van der Waals surface area contributed by atoms with Gasteiger partial charge in [0, 0.05) is 13.1 Å². The average Bonchev–Trinajstić information content (AvgIpc) is 2.65.